The van der Waals surface area contributed by atoms with E-state index in [9.17, 15) is 26.7 Å². The van der Waals surface area contributed by atoms with Crippen LogP contribution in [0.4, 0.5) is 33.5 Å². The lowest BCUT2D eigenvalue weighted by Crippen LogP contribution is -2.31. The van der Waals surface area contributed by atoms with E-state index in [1.807, 2.05) is 0 Å². The number of halogens is 5. The molecule has 12 heteroatoms. The highest BCUT2D eigenvalue weighted by molar-refractivity contribution is 7.97. The zero-order chi connectivity index (χ0) is 22.8. The minimum absolute atomic E-state index is 0.103. The highest BCUT2D eigenvalue weighted by Crippen LogP contribution is 2.36. The van der Waals surface area contributed by atoms with Crippen molar-refractivity contribution in [1.82, 2.24) is 10.2 Å². The molecule has 0 aliphatic carbocycles. The predicted octanol–water partition coefficient (Wildman–Crippen LogP) is 4.65. The zero-order valence-electron chi connectivity index (χ0n) is 16.5. The van der Waals surface area contributed by atoms with Crippen LogP contribution >= 0.6 is 11.9 Å². The first kappa shape index (κ1) is 23.2. The molecule has 2 aromatic rings. The molecule has 0 radical (unpaired) electrons. The largest absolute Gasteiger partial charge is 0.435 e. The van der Waals surface area contributed by atoms with E-state index >= 15 is 0 Å². The summed E-state index contributed by atoms with van der Waals surface area (Å²) in [5.74, 6) is -3.88. The molecule has 1 aromatic carbocycles. The van der Waals surface area contributed by atoms with Gasteiger partial charge in [0.15, 0.2) is 11.5 Å². The van der Waals surface area contributed by atoms with Crippen molar-refractivity contribution in [3.8, 4) is 0 Å². The van der Waals surface area contributed by atoms with Gasteiger partial charge in [0.05, 0.1) is 5.56 Å². The number of aromatic nitrogens is 2. The number of alkyl halides is 5. The van der Waals surface area contributed by atoms with Gasteiger partial charge in [-0.1, -0.05) is 6.07 Å². The molecular formula is C19H20F5N5OS. The Labute approximate surface area is 179 Å². The minimum atomic E-state index is -4.83. The number of benzene rings is 1. The molecule has 1 aliphatic rings. The van der Waals surface area contributed by atoms with Gasteiger partial charge in [0, 0.05) is 36.5 Å². The van der Waals surface area contributed by atoms with Gasteiger partial charge in [0.2, 0.25) is 5.92 Å². The lowest BCUT2D eigenvalue weighted by molar-refractivity contribution is -0.142. The fourth-order valence-electron chi connectivity index (χ4n) is 3.39. The van der Waals surface area contributed by atoms with Crippen LogP contribution in [0.1, 0.15) is 40.9 Å². The van der Waals surface area contributed by atoms with Crippen LogP contribution in [0, 0.1) is 6.92 Å². The summed E-state index contributed by atoms with van der Waals surface area (Å²) in [6.45, 7) is 1.08. The summed E-state index contributed by atoms with van der Waals surface area (Å²) >= 11 is 0.941. The van der Waals surface area contributed by atoms with Crippen LogP contribution in [0.15, 0.2) is 29.2 Å². The zero-order valence-corrected chi connectivity index (χ0v) is 17.3. The topological polar surface area (TPSA) is 84.1 Å². The van der Waals surface area contributed by atoms with Crippen LogP contribution in [-0.2, 0) is 6.18 Å². The molecule has 2 heterocycles. The van der Waals surface area contributed by atoms with Gasteiger partial charge in [-0.3, -0.25) is 9.93 Å². The Morgan fingerprint density at radius 1 is 1.23 bits per heavy atom. The van der Waals surface area contributed by atoms with Gasteiger partial charge < -0.3 is 10.2 Å². The lowest BCUT2D eigenvalue weighted by Gasteiger charge is -2.25. The predicted molar refractivity (Wildman–Crippen MR) is 107 cm³/mol. The van der Waals surface area contributed by atoms with E-state index in [0.29, 0.717) is 10.6 Å². The monoisotopic (exact) mass is 461 g/mol. The maximum atomic E-state index is 13.8. The Morgan fingerprint density at radius 3 is 2.65 bits per heavy atom. The van der Waals surface area contributed by atoms with Crippen molar-refractivity contribution in [2.75, 3.05) is 23.3 Å². The number of nitrogens with one attached hydrogen (secondary N) is 1. The second-order valence-corrected chi connectivity index (χ2v) is 7.87. The van der Waals surface area contributed by atoms with E-state index in [1.165, 1.54) is 4.90 Å². The summed E-state index contributed by atoms with van der Waals surface area (Å²) in [5.41, 5.74) is -1.75. The molecule has 0 spiro atoms. The molecule has 1 saturated heterocycles. The third kappa shape index (κ3) is 5.42. The SMILES string of the molecule is Cc1c(C(F)(F)F)nnc(N2CCCC(F)(F)CC2)c1C(=O)Nc1cccc(SN)c1. The molecule has 0 unspecified atom stereocenters. The Kier molecular flexibility index (Phi) is 6.70. The normalized spacial score (nSPS) is 16.7. The highest BCUT2D eigenvalue weighted by Gasteiger charge is 2.39. The Balaban J connectivity index is 2.03. The summed E-state index contributed by atoms with van der Waals surface area (Å²) in [4.78, 5) is 15.1. The van der Waals surface area contributed by atoms with Crippen molar-refractivity contribution in [1.29, 1.82) is 0 Å². The van der Waals surface area contributed by atoms with E-state index in [2.05, 4.69) is 15.5 Å². The molecule has 0 atom stereocenters. The van der Waals surface area contributed by atoms with Gasteiger partial charge in [-0.25, -0.2) is 8.78 Å². The summed E-state index contributed by atoms with van der Waals surface area (Å²) in [5, 5.41) is 15.0. The molecular weight excluding hydrogens is 441 g/mol. The van der Waals surface area contributed by atoms with Gasteiger partial charge in [0.1, 0.15) is 0 Å². The summed E-state index contributed by atoms with van der Waals surface area (Å²) < 4.78 is 67.7. The molecule has 168 valence electrons. The average Bonchev–Trinajstić information content (AvgIpc) is 2.87. The average molecular weight is 461 g/mol. The molecule has 1 aromatic heterocycles. The second kappa shape index (κ2) is 8.95. The molecule has 0 saturated carbocycles. The van der Waals surface area contributed by atoms with Crippen LogP contribution in [-0.4, -0.2) is 35.1 Å². The maximum absolute atomic E-state index is 13.8. The molecule has 1 amide bonds. The summed E-state index contributed by atoms with van der Waals surface area (Å²) in [6.07, 6.45) is -5.56. The smallest absolute Gasteiger partial charge is 0.354 e. The second-order valence-electron chi connectivity index (χ2n) is 7.17. The minimum Gasteiger partial charge on any atom is -0.354 e. The number of nitrogens with zero attached hydrogens (tertiary/aromatic N) is 3. The van der Waals surface area contributed by atoms with Crippen LogP contribution in [0.2, 0.25) is 0 Å². The van der Waals surface area contributed by atoms with E-state index in [-0.39, 0.29) is 37.3 Å². The molecule has 0 bridgehead atoms. The lowest BCUT2D eigenvalue weighted by atomic mass is 10.1. The van der Waals surface area contributed by atoms with Crippen LogP contribution in [0.25, 0.3) is 0 Å². The molecule has 1 fully saturated rings. The van der Waals surface area contributed by atoms with Crippen LogP contribution < -0.4 is 15.4 Å². The molecule has 1 aliphatic heterocycles. The van der Waals surface area contributed by atoms with Gasteiger partial charge in [-0.15, -0.1) is 10.2 Å². The number of carbonyl (C=O) groups excluding carboxylic acids is 1. The van der Waals surface area contributed by atoms with Crippen molar-refractivity contribution in [2.24, 2.45) is 5.14 Å². The fraction of sp³-hybridized carbons (Fsp3) is 0.421. The first-order chi connectivity index (χ1) is 14.5. The number of rotatable bonds is 4. The van der Waals surface area contributed by atoms with E-state index in [1.54, 1.807) is 24.3 Å². The third-order valence-electron chi connectivity index (χ3n) is 4.94. The van der Waals surface area contributed by atoms with Gasteiger partial charge in [-0.2, -0.15) is 13.2 Å². The highest BCUT2D eigenvalue weighted by atomic mass is 32.2. The Morgan fingerprint density at radius 2 is 1.97 bits per heavy atom. The van der Waals surface area contributed by atoms with E-state index < -0.39 is 35.7 Å². The first-order valence-corrected chi connectivity index (χ1v) is 10.3. The van der Waals surface area contributed by atoms with Crippen molar-refractivity contribution < 1.29 is 26.7 Å². The van der Waals surface area contributed by atoms with E-state index in [0.717, 1.165) is 18.9 Å². The molecule has 3 N–H and O–H groups in total. The van der Waals surface area contributed by atoms with Gasteiger partial charge in [-0.05, 0) is 49.1 Å². The number of amides is 1. The van der Waals surface area contributed by atoms with E-state index in [4.69, 9.17) is 5.14 Å². The summed E-state index contributed by atoms with van der Waals surface area (Å²) in [6, 6.07) is 6.44. The number of carbonyl (C=O) groups is 1. The summed E-state index contributed by atoms with van der Waals surface area (Å²) in [7, 11) is 0. The molecule has 3 rings (SSSR count). The fourth-order valence-corrected chi connectivity index (χ4v) is 3.74. The first-order valence-electron chi connectivity index (χ1n) is 9.37. The molecule has 31 heavy (non-hydrogen) atoms. The Hall–Kier alpha value is -2.47. The quantitative estimate of drug-likeness (QED) is 0.510. The molecule has 6 nitrogen and oxygen atoms in total. The van der Waals surface area contributed by atoms with Crippen LogP contribution in [0.3, 0.4) is 0 Å². The standard InChI is InChI=1S/C19H20F5N5OS/c1-11-14(17(30)26-12-4-2-5-13(10-12)31-25)16(28-27-15(11)19(22,23)24)29-8-3-6-18(20,21)7-9-29/h2,4-5,10H,3,6-9,25H2,1H3,(H,26,30). The number of anilines is 2. The van der Waals surface area contributed by atoms with Crippen molar-refractivity contribution >= 4 is 29.4 Å². The van der Waals surface area contributed by atoms with Crippen molar-refractivity contribution in [2.45, 2.75) is 43.2 Å². The third-order valence-corrected chi connectivity index (χ3v) is 5.47. The van der Waals surface area contributed by atoms with Crippen LogP contribution in [0.5, 0.6) is 0 Å². The van der Waals surface area contributed by atoms with Crippen molar-refractivity contribution in [3.05, 3.63) is 41.1 Å². The Bertz CT molecular complexity index is 969. The number of hydrogen-bond donors (Lipinski definition) is 2. The maximum Gasteiger partial charge on any atom is 0.435 e. The van der Waals surface area contributed by atoms with Gasteiger partial charge in [0.25, 0.3) is 5.91 Å². The van der Waals surface area contributed by atoms with Gasteiger partial charge >= 0.3 is 6.18 Å². The number of nitrogens with two attached hydrogens (primary N) is 1. The number of hydrogen-bond acceptors (Lipinski definition) is 6. The van der Waals surface area contributed by atoms with Crippen molar-refractivity contribution in [3.63, 3.8) is 0 Å².